The molecule has 0 saturated carbocycles. The van der Waals surface area contributed by atoms with Crippen LogP contribution in [0.5, 0.6) is 5.75 Å². The molecule has 0 saturated heterocycles. The number of rotatable bonds is 3. The fourth-order valence-electron chi connectivity index (χ4n) is 1.17. The zero-order valence-electron chi connectivity index (χ0n) is 9.44. The van der Waals surface area contributed by atoms with E-state index < -0.39 is 18.2 Å². The average molecular weight is 244 g/mol. The maximum Gasteiger partial charge on any atom is 0.242 e. The Morgan fingerprint density at radius 3 is 2.13 bits per heavy atom. The second kappa shape index (κ2) is 3.98. The van der Waals surface area contributed by atoms with Crippen LogP contribution in [0.3, 0.4) is 0 Å². The molecule has 1 aromatic rings. The summed E-state index contributed by atoms with van der Waals surface area (Å²) in [6, 6.07) is 6.76. The van der Waals surface area contributed by atoms with Gasteiger partial charge in [-0.05, 0) is 31.8 Å². The van der Waals surface area contributed by atoms with Crippen molar-refractivity contribution in [1.82, 2.24) is 0 Å². The summed E-state index contributed by atoms with van der Waals surface area (Å²) < 4.78 is 28.7. The van der Waals surface area contributed by atoms with E-state index in [1.807, 2.05) is 19.6 Å². The summed E-state index contributed by atoms with van der Waals surface area (Å²) in [5.74, 6) is 0.471. The predicted molar refractivity (Wildman–Crippen MR) is 63.5 cm³/mol. The Labute approximate surface area is 92.1 Å². The fraction of sp³-hybridized carbons (Fsp3) is 0.400. The highest BCUT2D eigenvalue weighted by Gasteiger charge is 2.21. The van der Waals surface area contributed by atoms with Gasteiger partial charge in [0.2, 0.25) is 8.32 Å². The molecule has 0 fully saturated rings. The summed E-state index contributed by atoms with van der Waals surface area (Å²) in [6.45, 7) is 6.06. The first-order valence-corrected chi connectivity index (χ1v) is 9.98. The second-order valence-corrected chi connectivity index (χ2v) is 10.8. The van der Waals surface area contributed by atoms with Gasteiger partial charge in [-0.2, -0.15) is 0 Å². The van der Waals surface area contributed by atoms with Gasteiger partial charge in [-0.3, -0.25) is 0 Å². The zero-order chi connectivity index (χ0) is 11.7. The highest BCUT2D eigenvalue weighted by Crippen LogP contribution is 2.25. The second-order valence-electron chi connectivity index (χ2n) is 4.43. The quantitative estimate of drug-likeness (QED) is 0.766. The topological polar surface area (TPSA) is 43.4 Å². The third-order valence-corrected chi connectivity index (χ3v) is 3.63. The van der Waals surface area contributed by atoms with Gasteiger partial charge in [-0.15, -0.1) is 0 Å². The summed E-state index contributed by atoms with van der Waals surface area (Å²) in [6.07, 6.45) is 1.19. The van der Waals surface area contributed by atoms with Gasteiger partial charge < -0.3 is 4.43 Å². The van der Waals surface area contributed by atoms with Crippen molar-refractivity contribution in [2.45, 2.75) is 24.5 Å². The lowest BCUT2D eigenvalue weighted by atomic mass is 10.3. The van der Waals surface area contributed by atoms with Crippen molar-refractivity contribution in [1.29, 1.82) is 0 Å². The standard InChI is InChI=1S/C10H16O3SSi/c1-14(11,12)10-8-6-5-7-9(10)13-15(2,3)4/h5-8H,1-4H3. The lowest BCUT2D eigenvalue weighted by Gasteiger charge is -2.20. The number of hydrogen-bond donors (Lipinski definition) is 0. The Hall–Kier alpha value is -0.813. The molecule has 5 heteroatoms. The zero-order valence-corrected chi connectivity index (χ0v) is 11.3. The minimum Gasteiger partial charge on any atom is -0.543 e. The van der Waals surface area contributed by atoms with E-state index in [1.165, 1.54) is 6.26 Å². The number of hydrogen-bond acceptors (Lipinski definition) is 3. The molecule has 0 aliphatic rings. The van der Waals surface area contributed by atoms with Gasteiger partial charge in [0.15, 0.2) is 9.84 Å². The van der Waals surface area contributed by atoms with E-state index in [0.717, 1.165) is 0 Å². The van der Waals surface area contributed by atoms with Gasteiger partial charge in [-0.1, -0.05) is 12.1 Å². The van der Waals surface area contributed by atoms with Crippen molar-refractivity contribution in [3.8, 4) is 5.75 Å². The van der Waals surface area contributed by atoms with Gasteiger partial charge in [0.1, 0.15) is 10.6 Å². The van der Waals surface area contributed by atoms with Crippen LogP contribution in [0.1, 0.15) is 0 Å². The van der Waals surface area contributed by atoms with Gasteiger partial charge in [0.05, 0.1) is 0 Å². The molecule has 0 aliphatic carbocycles. The third kappa shape index (κ3) is 3.68. The molecular formula is C10H16O3SSi. The lowest BCUT2D eigenvalue weighted by Crippen LogP contribution is -2.30. The molecule has 0 aliphatic heterocycles. The largest absolute Gasteiger partial charge is 0.543 e. The van der Waals surface area contributed by atoms with E-state index in [2.05, 4.69) is 0 Å². The van der Waals surface area contributed by atoms with Gasteiger partial charge in [0.25, 0.3) is 0 Å². The SMILES string of the molecule is C[Si](C)(C)Oc1ccccc1S(C)(=O)=O. The molecule has 0 radical (unpaired) electrons. The molecule has 0 unspecified atom stereocenters. The maximum atomic E-state index is 11.5. The first-order chi connectivity index (χ1) is 6.70. The summed E-state index contributed by atoms with van der Waals surface area (Å²) in [5.41, 5.74) is 0. The molecule has 0 atom stereocenters. The Bertz CT molecular complexity index is 446. The first kappa shape index (κ1) is 12.3. The average Bonchev–Trinajstić information content (AvgIpc) is 1.99. The fourth-order valence-corrected chi connectivity index (χ4v) is 2.88. The van der Waals surface area contributed by atoms with E-state index >= 15 is 0 Å². The molecule has 3 nitrogen and oxygen atoms in total. The van der Waals surface area contributed by atoms with Crippen LogP contribution in [0.2, 0.25) is 19.6 Å². The van der Waals surface area contributed by atoms with Crippen molar-refractivity contribution in [3.05, 3.63) is 24.3 Å². The molecule has 0 amide bonds. The van der Waals surface area contributed by atoms with Gasteiger partial charge in [0, 0.05) is 6.26 Å². The Morgan fingerprint density at radius 2 is 1.67 bits per heavy atom. The molecule has 0 aromatic heterocycles. The van der Waals surface area contributed by atoms with E-state index in [9.17, 15) is 8.42 Å². The highest BCUT2D eigenvalue weighted by molar-refractivity contribution is 7.90. The minimum absolute atomic E-state index is 0.271. The van der Waals surface area contributed by atoms with E-state index in [1.54, 1.807) is 24.3 Å². The smallest absolute Gasteiger partial charge is 0.242 e. The van der Waals surface area contributed by atoms with Gasteiger partial charge in [-0.25, -0.2) is 8.42 Å². The van der Waals surface area contributed by atoms with Crippen LogP contribution in [0, 0.1) is 0 Å². The van der Waals surface area contributed by atoms with Crippen LogP contribution in [-0.2, 0) is 9.84 Å². The summed E-state index contributed by atoms with van der Waals surface area (Å²) in [5, 5.41) is 0. The third-order valence-electron chi connectivity index (χ3n) is 1.66. The maximum absolute atomic E-state index is 11.5. The number of benzene rings is 1. The molecular weight excluding hydrogens is 228 g/mol. The van der Waals surface area contributed by atoms with Crippen molar-refractivity contribution in [2.24, 2.45) is 0 Å². The Kier molecular flexibility index (Phi) is 3.25. The van der Waals surface area contributed by atoms with Crippen molar-refractivity contribution in [2.75, 3.05) is 6.26 Å². The van der Waals surface area contributed by atoms with Crippen molar-refractivity contribution in [3.63, 3.8) is 0 Å². The van der Waals surface area contributed by atoms with Crippen LogP contribution >= 0.6 is 0 Å². The van der Waals surface area contributed by atoms with Crippen molar-refractivity contribution < 1.29 is 12.8 Å². The summed E-state index contributed by atoms with van der Waals surface area (Å²) in [7, 11) is -4.98. The molecule has 0 bridgehead atoms. The molecule has 1 rings (SSSR count). The first-order valence-electron chi connectivity index (χ1n) is 4.68. The summed E-state index contributed by atoms with van der Waals surface area (Å²) in [4.78, 5) is 0.271. The van der Waals surface area contributed by atoms with Crippen LogP contribution in [0.4, 0.5) is 0 Å². The molecule has 0 heterocycles. The number of para-hydroxylation sites is 1. The van der Waals surface area contributed by atoms with E-state index in [0.29, 0.717) is 5.75 Å². The van der Waals surface area contributed by atoms with E-state index in [4.69, 9.17) is 4.43 Å². The Balaban J connectivity index is 3.20. The predicted octanol–water partition coefficient (Wildman–Crippen LogP) is 2.30. The van der Waals surface area contributed by atoms with Crippen LogP contribution in [0.25, 0.3) is 0 Å². The lowest BCUT2D eigenvalue weighted by molar-refractivity contribution is 0.536. The van der Waals surface area contributed by atoms with Crippen LogP contribution in [0.15, 0.2) is 29.2 Å². The van der Waals surface area contributed by atoms with Gasteiger partial charge >= 0.3 is 0 Å². The van der Waals surface area contributed by atoms with E-state index in [-0.39, 0.29) is 4.90 Å². The number of sulfone groups is 1. The van der Waals surface area contributed by atoms with Crippen LogP contribution < -0.4 is 4.43 Å². The monoisotopic (exact) mass is 244 g/mol. The molecule has 1 aromatic carbocycles. The Morgan fingerprint density at radius 1 is 1.13 bits per heavy atom. The highest BCUT2D eigenvalue weighted by atomic mass is 32.2. The normalized spacial score (nSPS) is 12.5. The summed E-state index contributed by atoms with van der Waals surface area (Å²) >= 11 is 0. The minimum atomic E-state index is -3.21. The van der Waals surface area contributed by atoms with Crippen molar-refractivity contribution >= 4 is 18.2 Å². The molecule has 84 valence electrons. The van der Waals surface area contributed by atoms with Crippen LogP contribution in [-0.4, -0.2) is 23.0 Å². The molecule has 15 heavy (non-hydrogen) atoms. The molecule has 0 spiro atoms. The molecule has 0 N–H and O–H groups in total.